The lowest BCUT2D eigenvalue weighted by Gasteiger charge is -2.43. The minimum Gasteiger partial charge on any atom is -0.459 e. The molecule has 1 aliphatic carbocycles. The van der Waals surface area contributed by atoms with Crippen LogP contribution in [0.4, 0.5) is 5.82 Å². The van der Waals surface area contributed by atoms with Crippen LogP contribution in [0.5, 0.6) is 0 Å². The van der Waals surface area contributed by atoms with E-state index in [1.54, 1.807) is 18.3 Å². The number of likely N-dealkylation sites (tertiary alicyclic amines) is 1. The Bertz CT molecular complexity index is 992. The summed E-state index contributed by atoms with van der Waals surface area (Å²) in [6, 6.07) is 7.43. The number of carbonyl (C=O) groups excluding carboxylic acids is 1. The molecule has 0 atom stereocenters. The Morgan fingerprint density at radius 3 is 2.41 bits per heavy atom. The highest BCUT2D eigenvalue weighted by molar-refractivity contribution is 6.04. The van der Waals surface area contributed by atoms with Crippen LogP contribution in [0.2, 0.25) is 0 Å². The van der Waals surface area contributed by atoms with Gasteiger partial charge < -0.3 is 24.6 Å². The normalized spacial score (nSPS) is 18.8. The molecule has 3 heterocycles. The maximum Gasteiger partial charge on any atom is 0.295 e. The molecule has 2 aliphatic rings. The fourth-order valence-electron chi connectivity index (χ4n) is 6.56. The number of piperidine rings is 1. The number of furan rings is 1. The maximum absolute atomic E-state index is 13.4. The van der Waals surface area contributed by atoms with Crippen molar-refractivity contribution in [1.29, 1.82) is 0 Å². The molecule has 1 saturated heterocycles. The number of nitrogens with zero attached hydrogens (tertiary/aromatic N) is 3. The summed E-state index contributed by atoms with van der Waals surface area (Å²) in [6.07, 6.45) is 14.5. The van der Waals surface area contributed by atoms with Gasteiger partial charge in [-0.05, 0) is 94.0 Å². The van der Waals surface area contributed by atoms with E-state index in [9.17, 15) is 20.1 Å². The fourth-order valence-corrected chi connectivity index (χ4v) is 6.56. The summed E-state index contributed by atoms with van der Waals surface area (Å²) >= 11 is 0. The standard InChI is InChI=1S/C31H47N3O5/c1-25-7-8-28(32-22-25)34(29(38)27-6-5-21-39-27)26-9-17-33(18-10-26)19-15-30(11-3-2-4-12-30)13-14-31(23-36,24-37)16-20-35/h5-8,21-22,26,35-37H,2-4,9-20,23-24H2,1H3. The zero-order valence-corrected chi connectivity index (χ0v) is 23.6. The maximum atomic E-state index is 13.4. The van der Waals surface area contributed by atoms with Gasteiger partial charge in [0, 0.05) is 37.4 Å². The van der Waals surface area contributed by atoms with E-state index in [-0.39, 0.29) is 37.2 Å². The van der Waals surface area contributed by atoms with E-state index in [1.165, 1.54) is 38.4 Å². The Morgan fingerprint density at radius 2 is 1.82 bits per heavy atom. The number of amides is 1. The van der Waals surface area contributed by atoms with Gasteiger partial charge in [0.15, 0.2) is 5.76 Å². The van der Waals surface area contributed by atoms with Crippen molar-refractivity contribution in [1.82, 2.24) is 9.88 Å². The van der Waals surface area contributed by atoms with Gasteiger partial charge in [0.1, 0.15) is 5.82 Å². The van der Waals surface area contributed by atoms with Gasteiger partial charge in [-0.1, -0.05) is 25.3 Å². The van der Waals surface area contributed by atoms with Crippen molar-refractivity contribution < 1.29 is 24.5 Å². The van der Waals surface area contributed by atoms with Crippen molar-refractivity contribution in [2.75, 3.05) is 44.4 Å². The summed E-state index contributed by atoms with van der Waals surface area (Å²) in [7, 11) is 0. The highest BCUT2D eigenvalue weighted by atomic mass is 16.3. The van der Waals surface area contributed by atoms with Crippen LogP contribution >= 0.6 is 0 Å². The number of carbonyl (C=O) groups is 1. The highest BCUT2D eigenvalue weighted by Crippen LogP contribution is 2.46. The van der Waals surface area contributed by atoms with Crippen LogP contribution in [0.3, 0.4) is 0 Å². The van der Waals surface area contributed by atoms with Crippen molar-refractivity contribution in [2.45, 2.75) is 83.6 Å². The SMILES string of the molecule is Cc1ccc(N(C(=O)c2ccco2)C2CCN(CCC3(CCC(CO)(CO)CCO)CCCCC3)CC2)nc1. The molecule has 2 aromatic rings. The van der Waals surface area contributed by atoms with Crippen molar-refractivity contribution in [3.05, 3.63) is 48.0 Å². The lowest BCUT2D eigenvalue weighted by atomic mass is 9.66. The largest absolute Gasteiger partial charge is 0.459 e. The monoisotopic (exact) mass is 541 g/mol. The average molecular weight is 542 g/mol. The second kappa shape index (κ2) is 13.9. The topological polar surface area (TPSA) is 110 Å². The zero-order chi connectivity index (χ0) is 27.7. The Kier molecular flexibility index (Phi) is 10.6. The smallest absolute Gasteiger partial charge is 0.295 e. The van der Waals surface area contributed by atoms with Crippen LogP contribution in [0.1, 0.15) is 86.7 Å². The fraction of sp³-hybridized carbons (Fsp3) is 0.677. The Hall–Kier alpha value is -2.26. The first kappa shape index (κ1) is 29.7. The predicted octanol–water partition coefficient (Wildman–Crippen LogP) is 4.57. The molecule has 8 nitrogen and oxygen atoms in total. The molecule has 3 N–H and O–H groups in total. The average Bonchev–Trinajstić information content (AvgIpc) is 3.52. The van der Waals surface area contributed by atoms with Gasteiger partial charge in [-0.15, -0.1) is 0 Å². The first-order chi connectivity index (χ1) is 18.9. The molecular formula is C31H47N3O5. The molecule has 2 fully saturated rings. The Balaban J connectivity index is 1.38. The third-order valence-corrected chi connectivity index (χ3v) is 9.39. The third kappa shape index (κ3) is 7.48. The second-order valence-electron chi connectivity index (χ2n) is 12.0. The van der Waals surface area contributed by atoms with E-state index in [0.717, 1.165) is 57.3 Å². The molecule has 8 heteroatoms. The minimum atomic E-state index is -0.592. The molecular weight excluding hydrogens is 494 g/mol. The number of hydrogen-bond acceptors (Lipinski definition) is 7. The summed E-state index contributed by atoms with van der Waals surface area (Å²) in [4.78, 5) is 22.4. The molecule has 1 amide bonds. The quantitative estimate of drug-likeness (QED) is 0.341. The molecule has 0 bridgehead atoms. The number of aryl methyl sites for hydroxylation is 1. The first-order valence-electron chi connectivity index (χ1n) is 14.8. The molecule has 1 aliphatic heterocycles. The van der Waals surface area contributed by atoms with Gasteiger partial charge in [-0.2, -0.15) is 0 Å². The number of aromatic nitrogens is 1. The predicted molar refractivity (Wildman–Crippen MR) is 152 cm³/mol. The molecule has 0 radical (unpaired) electrons. The minimum absolute atomic E-state index is 0.0133. The van der Waals surface area contributed by atoms with Gasteiger partial charge in [0.2, 0.25) is 0 Å². The highest BCUT2D eigenvalue weighted by Gasteiger charge is 2.38. The number of anilines is 1. The molecule has 0 unspecified atom stereocenters. The molecule has 2 aromatic heterocycles. The number of rotatable bonds is 13. The molecule has 39 heavy (non-hydrogen) atoms. The van der Waals surface area contributed by atoms with E-state index in [0.29, 0.717) is 18.0 Å². The van der Waals surface area contributed by atoms with E-state index in [1.807, 2.05) is 24.0 Å². The third-order valence-electron chi connectivity index (χ3n) is 9.39. The van der Waals surface area contributed by atoms with Crippen LogP contribution in [0, 0.1) is 17.8 Å². The molecule has 1 saturated carbocycles. The Morgan fingerprint density at radius 1 is 1.08 bits per heavy atom. The van der Waals surface area contributed by atoms with Gasteiger partial charge in [-0.25, -0.2) is 4.98 Å². The van der Waals surface area contributed by atoms with Crippen molar-refractivity contribution in [3.63, 3.8) is 0 Å². The zero-order valence-electron chi connectivity index (χ0n) is 23.6. The van der Waals surface area contributed by atoms with Gasteiger partial charge >= 0.3 is 0 Å². The van der Waals surface area contributed by atoms with Crippen LogP contribution in [-0.4, -0.2) is 76.6 Å². The lowest BCUT2D eigenvalue weighted by molar-refractivity contribution is 0.00629. The first-order valence-corrected chi connectivity index (χ1v) is 14.8. The molecule has 4 rings (SSSR count). The van der Waals surface area contributed by atoms with Gasteiger partial charge in [-0.3, -0.25) is 9.69 Å². The van der Waals surface area contributed by atoms with Crippen LogP contribution in [0.25, 0.3) is 0 Å². The molecule has 0 spiro atoms. The van der Waals surface area contributed by atoms with E-state index < -0.39 is 5.41 Å². The second-order valence-corrected chi connectivity index (χ2v) is 12.0. The van der Waals surface area contributed by atoms with Gasteiger partial charge in [0.05, 0.1) is 19.5 Å². The molecule has 0 aromatic carbocycles. The summed E-state index contributed by atoms with van der Waals surface area (Å²) in [5.74, 6) is 0.859. The number of hydrogen-bond donors (Lipinski definition) is 3. The number of pyridine rings is 1. The summed E-state index contributed by atoms with van der Waals surface area (Å²) in [5, 5.41) is 29.5. The summed E-state index contributed by atoms with van der Waals surface area (Å²) in [6.45, 7) is 4.68. The lowest BCUT2D eigenvalue weighted by Crippen LogP contribution is -2.48. The summed E-state index contributed by atoms with van der Waals surface area (Å²) in [5.41, 5.74) is 0.695. The number of aliphatic hydroxyl groups is 3. The van der Waals surface area contributed by atoms with Crippen molar-refractivity contribution in [3.8, 4) is 0 Å². The van der Waals surface area contributed by atoms with Crippen LogP contribution in [0.15, 0.2) is 41.1 Å². The van der Waals surface area contributed by atoms with Crippen molar-refractivity contribution >= 4 is 11.7 Å². The van der Waals surface area contributed by atoms with Gasteiger partial charge in [0.25, 0.3) is 5.91 Å². The summed E-state index contributed by atoms with van der Waals surface area (Å²) < 4.78 is 5.45. The van der Waals surface area contributed by atoms with Crippen LogP contribution < -0.4 is 4.90 Å². The Labute approximate surface area is 233 Å². The van der Waals surface area contributed by atoms with E-state index in [2.05, 4.69) is 9.88 Å². The number of aliphatic hydroxyl groups excluding tert-OH is 3. The van der Waals surface area contributed by atoms with E-state index in [4.69, 9.17) is 4.42 Å². The van der Waals surface area contributed by atoms with Crippen molar-refractivity contribution in [2.24, 2.45) is 10.8 Å². The molecule has 216 valence electrons. The van der Waals surface area contributed by atoms with E-state index >= 15 is 0 Å². The van der Waals surface area contributed by atoms with Crippen LogP contribution in [-0.2, 0) is 0 Å².